The molecule has 0 aromatic heterocycles. The van der Waals surface area contributed by atoms with Crippen molar-refractivity contribution in [3.63, 3.8) is 0 Å². The van der Waals surface area contributed by atoms with Crippen molar-refractivity contribution in [2.24, 2.45) is 0 Å². The molecule has 0 aliphatic carbocycles. The fourth-order valence-electron chi connectivity index (χ4n) is 0.336. The lowest BCUT2D eigenvalue weighted by atomic mass is 10.4. The highest BCUT2D eigenvalue weighted by Crippen LogP contribution is 1.91. The van der Waals surface area contributed by atoms with E-state index in [0.717, 1.165) is 0 Å². The molecule has 0 saturated heterocycles. The second kappa shape index (κ2) is 5.50. The number of halogens is 1. The molecule has 60 valence electrons. The Morgan fingerprint density at radius 3 is 2.80 bits per heavy atom. The van der Waals surface area contributed by atoms with Gasteiger partial charge in [0.25, 0.3) is 0 Å². The number of aliphatic hydroxyl groups excluding tert-OH is 1. The summed E-state index contributed by atoms with van der Waals surface area (Å²) in [6.07, 6.45) is -0.410. The van der Waals surface area contributed by atoms with Gasteiger partial charge in [0, 0.05) is 6.42 Å². The molecule has 0 fully saturated rings. The maximum absolute atomic E-state index is 10.5. The number of carbonyl (C=O) groups excluding carboxylic acids is 1. The summed E-state index contributed by atoms with van der Waals surface area (Å²) >= 11 is 5.24. The van der Waals surface area contributed by atoms with Crippen molar-refractivity contribution in [2.75, 3.05) is 12.5 Å². The smallest absolute Gasteiger partial charge is 0.305 e. The summed E-state index contributed by atoms with van der Waals surface area (Å²) in [4.78, 5) is 10.5. The predicted octanol–water partition coefficient (Wildman–Crippen LogP) is 0.539. The van der Waals surface area contributed by atoms with Gasteiger partial charge in [-0.15, -0.1) is 11.6 Å². The van der Waals surface area contributed by atoms with Gasteiger partial charge in [-0.25, -0.2) is 0 Å². The van der Waals surface area contributed by atoms with Crippen LogP contribution in [0.5, 0.6) is 0 Å². The third kappa shape index (κ3) is 4.58. The van der Waals surface area contributed by atoms with Crippen LogP contribution in [0.4, 0.5) is 0 Å². The molecule has 1 unspecified atom stereocenters. The largest absolute Gasteiger partial charge is 0.463 e. The Labute approximate surface area is 64.9 Å². The number of esters is 1. The molecule has 0 bridgehead atoms. The number of alkyl halides is 1. The molecule has 1 atom stereocenters. The van der Waals surface area contributed by atoms with Crippen LogP contribution in [-0.4, -0.2) is 29.7 Å². The third-order valence-corrected chi connectivity index (χ3v) is 1.26. The molecule has 0 radical (unpaired) electrons. The number of aliphatic hydroxyl groups is 1. The zero-order valence-corrected chi connectivity index (χ0v) is 6.60. The molecule has 0 aromatic rings. The molecular weight excluding hydrogens is 156 g/mol. The summed E-state index contributed by atoms with van der Waals surface area (Å²) in [5.74, 6) is -0.221. The number of hydrogen-bond acceptors (Lipinski definition) is 3. The lowest BCUT2D eigenvalue weighted by molar-refractivity contribution is -0.145. The highest BCUT2D eigenvalue weighted by atomic mass is 35.5. The molecular formula is C6H11ClO3. The maximum Gasteiger partial charge on any atom is 0.305 e. The van der Waals surface area contributed by atoms with E-state index in [1.54, 1.807) is 6.92 Å². The minimum absolute atomic E-state index is 0.00380. The Morgan fingerprint density at radius 2 is 2.40 bits per heavy atom. The van der Waals surface area contributed by atoms with Crippen molar-refractivity contribution < 1.29 is 14.6 Å². The van der Waals surface area contributed by atoms with Crippen LogP contribution in [0.15, 0.2) is 0 Å². The lowest BCUT2D eigenvalue weighted by Crippen LogP contribution is -2.19. The SMILES string of the molecule is CCC(=O)OCC(O)CCl. The van der Waals surface area contributed by atoms with Crippen molar-refractivity contribution in [1.82, 2.24) is 0 Å². The minimum Gasteiger partial charge on any atom is -0.463 e. The van der Waals surface area contributed by atoms with E-state index in [0.29, 0.717) is 6.42 Å². The van der Waals surface area contributed by atoms with Crippen LogP contribution in [0.3, 0.4) is 0 Å². The van der Waals surface area contributed by atoms with Gasteiger partial charge >= 0.3 is 5.97 Å². The Hall–Kier alpha value is -0.280. The molecule has 3 nitrogen and oxygen atoms in total. The highest BCUT2D eigenvalue weighted by molar-refractivity contribution is 6.18. The molecule has 0 spiro atoms. The van der Waals surface area contributed by atoms with Crippen molar-refractivity contribution in [3.05, 3.63) is 0 Å². The first kappa shape index (κ1) is 9.72. The van der Waals surface area contributed by atoms with Crippen LogP contribution >= 0.6 is 11.6 Å². The molecule has 0 aliphatic rings. The van der Waals surface area contributed by atoms with Crippen LogP contribution in [-0.2, 0) is 9.53 Å². The summed E-state index contributed by atoms with van der Waals surface area (Å²) in [6.45, 7) is 1.69. The average molecular weight is 167 g/mol. The zero-order chi connectivity index (χ0) is 7.98. The zero-order valence-electron chi connectivity index (χ0n) is 5.84. The van der Waals surface area contributed by atoms with E-state index in [1.165, 1.54) is 0 Å². The first-order valence-corrected chi connectivity index (χ1v) is 3.63. The predicted molar refractivity (Wildman–Crippen MR) is 38.0 cm³/mol. The summed E-state index contributed by atoms with van der Waals surface area (Å²) < 4.78 is 4.57. The summed E-state index contributed by atoms with van der Waals surface area (Å²) in [5.41, 5.74) is 0. The summed E-state index contributed by atoms with van der Waals surface area (Å²) in [7, 11) is 0. The number of hydrogen-bond donors (Lipinski definition) is 1. The van der Waals surface area contributed by atoms with Gasteiger partial charge in [0.15, 0.2) is 0 Å². The Kier molecular flexibility index (Phi) is 5.35. The van der Waals surface area contributed by atoms with Crippen molar-refractivity contribution in [3.8, 4) is 0 Å². The molecule has 10 heavy (non-hydrogen) atoms. The Bertz CT molecular complexity index is 105. The number of rotatable bonds is 4. The molecule has 0 aliphatic heterocycles. The Morgan fingerprint density at radius 1 is 1.80 bits per heavy atom. The van der Waals surface area contributed by atoms with E-state index in [2.05, 4.69) is 4.74 Å². The third-order valence-electron chi connectivity index (χ3n) is 0.903. The number of ether oxygens (including phenoxy) is 1. The van der Waals surface area contributed by atoms with E-state index < -0.39 is 6.10 Å². The maximum atomic E-state index is 10.5. The second-order valence-corrected chi connectivity index (χ2v) is 2.15. The van der Waals surface area contributed by atoms with Gasteiger partial charge in [0.1, 0.15) is 12.7 Å². The quantitative estimate of drug-likeness (QED) is 0.490. The molecule has 1 N–H and O–H groups in total. The summed E-state index contributed by atoms with van der Waals surface area (Å²) in [6, 6.07) is 0. The van der Waals surface area contributed by atoms with Gasteiger partial charge in [-0.3, -0.25) is 4.79 Å². The normalized spacial score (nSPS) is 12.7. The van der Waals surface area contributed by atoms with Crippen molar-refractivity contribution in [2.45, 2.75) is 19.4 Å². The first-order valence-electron chi connectivity index (χ1n) is 3.10. The second-order valence-electron chi connectivity index (χ2n) is 1.84. The topological polar surface area (TPSA) is 46.5 Å². The van der Waals surface area contributed by atoms with Gasteiger partial charge in [-0.05, 0) is 0 Å². The first-order chi connectivity index (χ1) is 4.70. The van der Waals surface area contributed by atoms with Crippen LogP contribution in [0.25, 0.3) is 0 Å². The molecule has 0 heterocycles. The monoisotopic (exact) mass is 166 g/mol. The number of carbonyl (C=O) groups is 1. The van der Waals surface area contributed by atoms with Gasteiger partial charge in [-0.1, -0.05) is 6.92 Å². The van der Waals surface area contributed by atoms with Gasteiger partial charge in [-0.2, -0.15) is 0 Å². The van der Waals surface area contributed by atoms with E-state index in [-0.39, 0.29) is 18.5 Å². The van der Waals surface area contributed by atoms with Gasteiger partial charge < -0.3 is 9.84 Å². The fourth-order valence-corrected chi connectivity index (χ4v) is 0.425. The van der Waals surface area contributed by atoms with Gasteiger partial charge in [0.05, 0.1) is 5.88 Å². The van der Waals surface area contributed by atoms with Crippen LogP contribution < -0.4 is 0 Å². The van der Waals surface area contributed by atoms with Crippen LogP contribution in [0.2, 0.25) is 0 Å². The standard InChI is InChI=1S/C6H11ClO3/c1-2-6(9)10-4-5(8)3-7/h5,8H,2-4H2,1H3. The minimum atomic E-state index is -0.739. The van der Waals surface area contributed by atoms with Gasteiger partial charge in [0.2, 0.25) is 0 Å². The molecule has 0 aromatic carbocycles. The Balaban J connectivity index is 3.26. The van der Waals surface area contributed by atoms with Crippen molar-refractivity contribution in [1.29, 1.82) is 0 Å². The summed E-state index contributed by atoms with van der Waals surface area (Å²) in [5, 5.41) is 8.79. The fraction of sp³-hybridized carbons (Fsp3) is 0.833. The highest BCUT2D eigenvalue weighted by Gasteiger charge is 2.04. The average Bonchev–Trinajstić information content (AvgIpc) is 1.99. The molecule has 0 rings (SSSR count). The van der Waals surface area contributed by atoms with E-state index in [9.17, 15) is 4.79 Å². The van der Waals surface area contributed by atoms with Crippen molar-refractivity contribution >= 4 is 17.6 Å². The molecule has 4 heteroatoms. The van der Waals surface area contributed by atoms with E-state index >= 15 is 0 Å². The molecule has 0 saturated carbocycles. The lowest BCUT2D eigenvalue weighted by Gasteiger charge is -2.06. The molecule has 0 amide bonds. The van der Waals surface area contributed by atoms with E-state index in [1.807, 2.05) is 0 Å². The van der Waals surface area contributed by atoms with E-state index in [4.69, 9.17) is 16.7 Å². The van der Waals surface area contributed by atoms with Crippen LogP contribution in [0, 0.1) is 0 Å². The van der Waals surface area contributed by atoms with Crippen LogP contribution in [0.1, 0.15) is 13.3 Å².